The molecule has 164 valence electrons. The molecule has 1 aliphatic heterocycles. The number of thiazole rings is 1. The molecule has 3 aromatic rings. The Kier molecular flexibility index (Phi) is 6.96. The highest BCUT2D eigenvalue weighted by molar-refractivity contribution is 7.13. The van der Waals surface area contributed by atoms with Crippen LogP contribution in [0.3, 0.4) is 0 Å². The molecule has 31 heavy (non-hydrogen) atoms. The lowest BCUT2D eigenvalue weighted by Gasteiger charge is -2.34. The molecule has 0 radical (unpaired) electrons. The summed E-state index contributed by atoms with van der Waals surface area (Å²) in [7, 11) is 0. The second-order valence-corrected chi connectivity index (χ2v) is 8.96. The van der Waals surface area contributed by atoms with Crippen LogP contribution in [0.4, 0.5) is 5.13 Å². The topological polar surface area (TPSA) is 93.4 Å². The summed E-state index contributed by atoms with van der Waals surface area (Å²) in [5.74, 6) is 0.750. The van der Waals surface area contributed by atoms with Crippen LogP contribution in [0.1, 0.15) is 31.9 Å². The molecule has 1 saturated heterocycles. The van der Waals surface area contributed by atoms with E-state index in [0.717, 1.165) is 30.9 Å². The Morgan fingerprint density at radius 1 is 1.23 bits per heavy atom. The van der Waals surface area contributed by atoms with Gasteiger partial charge < -0.3 is 14.6 Å². The SMILES string of the molecule is C[C@H]1CN(Cc2csc(NC(=O)CCc3nc(-c4ccc(Cl)cc4)no3)n2)C[C@H](C)O1. The number of aryl methyl sites for hydroxylation is 1. The normalized spacial score (nSPS) is 19.5. The fraction of sp³-hybridized carbons (Fsp3) is 0.429. The van der Waals surface area contributed by atoms with Gasteiger partial charge >= 0.3 is 0 Å². The minimum atomic E-state index is -0.138. The highest BCUT2D eigenvalue weighted by Crippen LogP contribution is 2.21. The molecule has 2 aromatic heterocycles. The zero-order valence-corrected chi connectivity index (χ0v) is 18.9. The summed E-state index contributed by atoms with van der Waals surface area (Å²) in [5.41, 5.74) is 1.76. The van der Waals surface area contributed by atoms with Gasteiger partial charge in [-0.2, -0.15) is 4.98 Å². The van der Waals surface area contributed by atoms with Gasteiger partial charge in [-0.15, -0.1) is 11.3 Å². The highest BCUT2D eigenvalue weighted by Gasteiger charge is 2.23. The number of halogens is 1. The second kappa shape index (κ2) is 9.86. The van der Waals surface area contributed by atoms with Gasteiger partial charge in [0.25, 0.3) is 0 Å². The number of nitrogens with zero attached hydrogens (tertiary/aromatic N) is 4. The smallest absolute Gasteiger partial charge is 0.227 e. The molecule has 1 fully saturated rings. The summed E-state index contributed by atoms with van der Waals surface area (Å²) in [5, 5.41) is 10.0. The molecule has 4 rings (SSSR count). The second-order valence-electron chi connectivity index (χ2n) is 7.66. The maximum absolute atomic E-state index is 12.3. The van der Waals surface area contributed by atoms with Crippen molar-refractivity contribution in [3.63, 3.8) is 0 Å². The van der Waals surface area contributed by atoms with Crippen molar-refractivity contribution in [2.45, 2.75) is 45.4 Å². The van der Waals surface area contributed by atoms with E-state index >= 15 is 0 Å². The molecule has 0 unspecified atom stereocenters. The fourth-order valence-corrected chi connectivity index (χ4v) is 4.40. The molecular weight excluding hydrogens is 438 g/mol. The van der Waals surface area contributed by atoms with Crippen LogP contribution in [0, 0.1) is 0 Å². The average molecular weight is 462 g/mol. The van der Waals surface area contributed by atoms with Gasteiger partial charge in [0, 0.05) is 48.4 Å². The number of hydrogen-bond acceptors (Lipinski definition) is 8. The zero-order chi connectivity index (χ0) is 21.8. The summed E-state index contributed by atoms with van der Waals surface area (Å²) in [6.45, 7) is 6.67. The summed E-state index contributed by atoms with van der Waals surface area (Å²) in [6, 6.07) is 7.18. The summed E-state index contributed by atoms with van der Waals surface area (Å²) < 4.78 is 11.0. The monoisotopic (exact) mass is 461 g/mol. The summed E-state index contributed by atoms with van der Waals surface area (Å²) in [6.07, 6.45) is 1.02. The molecule has 1 aliphatic rings. The predicted octanol–water partition coefficient (Wildman–Crippen LogP) is 4.03. The summed E-state index contributed by atoms with van der Waals surface area (Å²) >= 11 is 7.33. The van der Waals surface area contributed by atoms with E-state index in [-0.39, 0.29) is 24.5 Å². The predicted molar refractivity (Wildman–Crippen MR) is 119 cm³/mol. The number of rotatable bonds is 7. The van der Waals surface area contributed by atoms with Crippen LogP contribution in [0.5, 0.6) is 0 Å². The molecule has 3 heterocycles. The van der Waals surface area contributed by atoms with Gasteiger partial charge in [0.1, 0.15) is 0 Å². The third-order valence-electron chi connectivity index (χ3n) is 4.82. The first-order chi connectivity index (χ1) is 14.9. The number of hydrogen-bond donors (Lipinski definition) is 1. The Balaban J connectivity index is 1.25. The lowest BCUT2D eigenvalue weighted by atomic mass is 10.2. The van der Waals surface area contributed by atoms with E-state index < -0.39 is 0 Å². The number of carbonyl (C=O) groups excluding carboxylic acids is 1. The van der Waals surface area contributed by atoms with E-state index in [1.54, 1.807) is 12.1 Å². The quantitative estimate of drug-likeness (QED) is 0.567. The molecule has 1 aromatic carbocycles. The number of nitrogens with one attached hydrogen (secondary N) is 1. The lowest BCUT2D eigenvalue weighted by molar-refractivity contribution is -0.116. The minimum Gasteiger partial charge on any atom is -0.373 e. The number of benzene rings is 1. The number of carbonyl (C=O) groups is 1. The van der Waals surface area contributed by atoms with E-state index in [4.69, 9.17) is 20.9 Å². The molecule has 0 saturated carbocycles. The molecule has 0 bridgehead atoms. The van der Waals surface area contributed by atoms with Crippen molar-refractivity contribution in [2.24, 2.45) is 0 Å². The molecule has 0 aliphatic carbocycles. The Morgan fingerprint density at radius 2 is 1.97 bits per heavy atom. The molecule has 2 atom stereocenters. The van der Waals surface area contributed by atoms with Crippen molar-refractivity contribution in [3.05, 3.63) is 46.3 Å². The van der Waals surface area contributed by atoms with Crippen molar-refractivity contribution in [1.29, 1.82) is 0 Å². The maximum atomic E-state index is 12.3. The van der Waals surface area contributed by atoms with Gasteiger partial charge in [0.15, 0.2) is 5.13 Å². The number of anilines is 1. The van der Waals surface area contributed by atoms with E-state index in [2.05, 4.69) is 39.2 Å². The Bertz CT molecular complexity index is 1010. The van der Waals surface area contributed by atoms with E-state index in [9.17, 15) is 4.79 Å². The largest absolute Gasteiger partial charge is 0.373 e. The number of ether oxygens (including phenoxy) is 1. The van der Waals surface area contributed by atoms with Crippen LogP contribution < -0.4 is 5.32 Å². The van der Waals surface area contributed by atoms with Crippen molar-refractivity contribution in [2.75, 3.05) is 18.4 Å². The highest BCUT2D eigenvalue weighted by atomic mass is 35.5. The van der Waals surface area contributed by atoms with E-state index in [1.807, 2.05) is 17.5 Å². The van der Waals surface area contributed by atoms with Crippen LogP contribution in [0.25, 0.3) is 11.4 Å². The Morgan fingerprint density at radius 3 is 2.71 bits per heavy atom. The molecular formula is C21H24ClN5O3S. The number of amides is 1. The van der Waals surface area contributed by atoms with Gasteiger partial charge in [-0.1, -0.05) is 16.8 Å². The maximum Gasteiger partial charge on any atom is 0.227 e. The first-order valence-electron chi connectivity index (χ1n) is 10.1. The van der Waals surface area contributed by atoms with Crippen LogP contribution in [-0.2, 0) is 22.5 Å². The van der Waals surface area contributed by atoms with Crippen molar-refractivity contribution < 1.29 is 14.1 Å². The first kappa shape index (κ1) is 21.9. The fourth-order valence-electron chi connectivity index (χ4n) is 3.55. The van der Waals surface area contributed by atoms with Crippen LogP contribution >= 0.6 is 22.9 Å². The average Bonchev–Trinajstić information content (AvgIpc) is 3.36. The van der Waals surface area contributed by atoms with Gasteiger partial charge in [0.2, 0.25) is 17.6 Å². The van der Waals surface area contributed by atoms with Crippen LogP contribution in [0.15, 0.2) is 34.2 Å². The number of morpholine rings is 1. The van der Waals surface area contributed by atoms with Crippen LogP contribution in [0.2, 0.25) is 5.02 Å². The van der Waals surface area contributed by atoms with E-state index in [0.29, 0.717) is 28.3 Å². The van der Waals surface area contributed by atoms with Gasteiger partial charge in [-0.3, -0.25) is 9.69 Å². The van der Waals surface area contributed by atoms with Gasteiger partial charge in [-0.25, -0.2) is 4.98 Å². The summed E-state index contributed by atoms with van der Waals surface area (Å²) in [4.78, 5) is 23.5. The molecule has 0 spiro atoms. The number of aromatic nitrogens is 3. The molecule has 1 amide bonds. The van der Waals surface area contributed by atoms with Gasteiger partial charge in [0.05, 0.1) is 17.9 Å². The molecule has 8 nitrogen and oxygen atoms in total. The standard InChI is InChI=1S/C21H24ClN5O3S/c1-13-9-27(10-14(2)29-13)11-17-12-31-21(23-17)24-18(28)7-8-19-25-20(26-30-19)15-3-5-16(22)6-4-15/h3-6,12-14H,7-11H2,1-2H3,(H,23,24,28)/t13-,14-/m0/s1. The minimum absolute atomic E-state index is 0.138. The third-order valence-corrected chi connectivity index (χ3v) is 5.87. The zero-order valence-electron chi connectivity index (χ0n) is 17.4. The van der Waals surface area contributed by atoms with Crippen LogP contribution in [-0.4, -0.2) is 51.2 Å². The lowest BCUT2D eigenvalue weighted by Crippen LogP contribution is -2.44. The van der Waals surface area contributed by atoms with Gasteiger partial charge in [-0.05, 0) is 38.1 Å². The van der Waals surface area contributed by atoms with Crippen molar-refractivity contribution in [3.8, 4) is 11.4 Å². The Hall–Kier alpha value is -2.33. The van der Waals surface area contributed by atoms with Crippen molar-refractivity contribution in [1.82, 2.24) is 20.0 Å². The first-order valence-corrected chi connectivity index (χ1v) is 11.4. The Labute approximate surface area is 189 Å². The van der Waals surface area contributed by atoms with Crippen molar-refractivity contribution >= 4 is 34.0 Å². The molecule has 10 heteroatoms. The molecule has 1 N–H and O–H groups in total. The van der Waals surface area contributed by atoms with E-state index in [1.165, 1.54) is 11.3 Å². The third kappa shape index (κ3) is 6.10.